The number of anilines is 2. The minimum Gasteiger partial charge on any atom is -0.496 e. The predicted octanol–water partition coefficient (Wildman–Crippen LogP) is 6.05. The molecule has 3 rings (SSSR count). The summed E-state index contributed by atoms with van der Waals surface area (Å²) in [4.78, 5) is 25.9. The molecule has 0 aliphatic carbocycles. The predicted molar refractivity (Wildman–Crippen MR) is 133 cm³/mol. The molecule has 0 spiro atoms. The highest BCUT2D eigenvalue weighted by Gasteiger charge is 2.18. The van der Waals surface area contributed by atoms with Crippen molar-refractivity contribution < 1.29 is 32.6 Å². The number of nitrogens with one attached hydrogen (secondary N) is 2. The van der Waals surface area contributed by atoms with Gasteiger partial charge in [0.2, 0.25) is 0 Å². The van der Waals surface area contributed by atoms with E-state index in [0.717, 1.165) is 0 Å². The summed E-state index contributed by atoms with van der Waals surface area (Å²) in [7, 11) is 1.40. The molecular weight excluding hydrogens is 470 g/mol. The molecule has 0 unspecified atom stereocenters. The van der Waals surface area contributed by atoms with E-state index in [0.29, 0.717) is 11.4 Å². The van der Waals surface area contributed by atoms with E-state index in [9.17, 15) is 18.4 Å². The molecule has 0 fully saturated rings. The summed E-state index contributed by atoms with van der Waals surface area (Å²) in [6.07, 6.45) is -0.503. The summed E-state index contributed by atoms with van der Waals surface area (Å²) in [6, 6.07) is 12.3. The third-order valence-corrected chi connectivity index (χ3v) is 4.81. The van der Waals surface area contributed by atoms with Gasteiger partial charge < -0.3 is 24.8 Å². The maximum absolute atomic E-state index is 14.0. The molecule has 0 aliphatic rings. The van der Waals surface area contributed by atoms with E-state index >= 15 is 0 Å². The quantitative estimate of drug-likeness (QED) is 0.375. The van der Waals surface area contributed by atoms with Gasteiger partial charge in [0.15, 0.2) is 23.1 Å². The Morgan fingerprint density at radius 2 is 1.19 bits per heavy atom. The summed E-state index contributed by atoms with van der Waals surface area (Å²) in [5, 5.41) is 5.33. The van der Waals surface area contributed by atoms with Gasteiger partial charge in [-0.3, -0.25) is 9.59 Å². The van der Waals surface area contributed by atoms with Crippen molar-refractivity contribution in [3.05, 3.63) is 77.4 Å². The Morgan fingerprint density at radius 3 is 1.67 bits per heavy atom. The van der Waals surface area contributed by atoms with Crippen molar-refractivity contribution in [3.63, 3.8) is 0 Å². The van der Waals surface area contributed by atoms with E-state index < -0.39 is 23.4 Å². The fourth-order valence-corrected chi connectivity index (χ4v) is 3.28. The molecule has 3 aromatic rings. The average molecular weight is 499 g/mol. The summed E-state index contributed by atoms with van der Waals surface area (Å²) in [5.74, 6) is -1.95. The van der Waals surface area contributed by atoms with Gasteiger partial charge >= 0.3 is 0 Å². The van der Waals surface area contributed by atoms with E-state index in [1.165, 1.54) is 61.7 Å². The molecule has 0 saturated carbocycles. The van der Waals surface area contributed by atoms with Gasteiger partial charge in [-0.2, -0.15) is 0 Å². The van der Waals surface area contributed by atoms with Crippen LogP contribution < -0.4 is 24.8 Å². The molecule has 2 N–H and O–H groups in total. The van der Waals surface area contributed by atoms with Crippen LogP contribution in [-0.2, 0) is 0 Å². The SMILES string of the molecule is COc1ccc(C(=O)Nc2ccc(F)c(OC(C)C)c2)cc1C(=O)Nc1ccc(F)c(OC(C)C)c1. The molecule has 0 bridgehead atoms. The third kappa shape index (κ3) is 6.71. The van der Waals surface area contributed by atoms with Crippen molar-refractivity contribution in [2.24, 2.45) is 0 Å². The zero-order valence-electron chi connectivity index (χ0n) is 20.6. The van der Waals surface area contributed by atoms with Gasteiger partial charge in [-0.1, -0.05) is 0 Å². The smallest absolute Gasteiger partial charge is 0.259 e. The van der Waals surface area contributed by atoms with Gasteiger partial charge in [0.05, 0.1) is 24.9 Å². The zero-order valence-corrected chi connectivity index (χ0v) is 20.6. The summed E-state index contributed by atoms with van der Waals surface area (Å²) >= 11 is 0. The van der Waals surface area contributed by atoms with Gasteiger partial charge in [0.25, 0.3) is 11.8 Å². The lowest BCUT2D eigenvalue weighted by atomic mass is 10.1. The normalized spacial score (nSPS) is 10.8. The number of amides is 2. The number of hydrogen-bond acceptors (Lipinski definition) is 5. The Hall–Kier alpha value is -4.14. The lowest BCUT2D eigenvalue weighted by Crippen LogP contribution is -2.17. The monoisotopic (exact) mass is 498 g/mol. The van der Waals surface area contributed by atoms with Crippen LogP contribution in [0.4, 0.5) is 20.2 Å². The second-order valence-electron chi connectivity index (χ2n) is 8.45. The second kappa shape index (κ2) is 11.5. The molecule has 190 valence electrons. The van der Waals surface area contributed by atoms with Crippen LogP contribution in [0.1, 0.15) is 48.4 Å². The van der Waals surface area contributed by atoms with Crippen LogP contribution >= 0.6 is 0 Å². The molecule has 3 aromatic carbocycles. The molecule has 0 radical (unpaired) electrons. The maximum Gasteiger partial charge on any atom is 0.259 e. The molecule has 0 aromatic heterocycles. The van der Waals surface area contributed by atoms with Gasteiger partial charge in [0.1, 0.15) is 5.75 Å². The van der Waals surface area contributed by atoms with Gasteiger partial charge in [0, 0.05) is 29.1 Å². The van der Waals surface area contributed by atoms with Gasteiger partial charge in [-0.15, -0.1) is 0 Å². The number of carbonyl (C=O) groups is 2. The lowest BCUT2D eigenvalue weighted by Gasteiger charge is -2.14. The molecule has 0 aliphatic heterocycles. The van der Waals surface area contributed by atoms with E-state index in [4.69, 9.17) is 14.2 Å². The standard InChI is InChI=1S/C27H28F2N2O5/c1-15(2)35-24-13-18(7-9-21(24)28)30-26(32)17-6-11-23(34-5)20(12-17)27(33)31-19-8-10-22(29)25(14-19)36-16(3)4/h6-16H,1-5H3,(H,30,32)(H,31,33). The molecule has 7 nitrogen and oxygen atoms in total. The Balaban J connectivity index is 1.82. The topological polar surface area (TPSA) is 85.9 Å². The highest BCUT2D eigenvalue weighted by molar-refractivity contribution is 6.10. The average Bonchev–Trinajstić information content (AvgIpc) is 2.82. The van der Waals surface area contributed by atoms with Crippen molar-refractivity contribution in [1.82, 2.24) is 0 Å². The Labute approximate surface area is 208 Å². The zero-order chi connectivity index (χ0) is 26.4. The highest BCUT2D eigenvalue weighted by atomic mass is 19.1. The molecule has 0 atom stereocenters. The van der Waals surface area contributed by atoms with Crippen molar-refractivity contribution in [2.45, 2.75) is 39.9 Å². The fourth-order valence-electron chi connectivity index (χ4n) is 3.28. The molecular formula is C27H28F2N2O5. The minimum absolute atomic E-state index is 0.00278. The number of rotatable bonds is 9. The van der Waals surface area contributed by atoms with Crippen LogP contribution in [0, 0.1) is 11.6 Å². The third-order valence-electron chi connectivity index (χ3n) is 4.81. The van der Waals surface area contributed by atoms with Gasteiger partial charge in [-0.05, 0) is 70.2 Å². The van der Waals surface area contributed by atoms with Crippen LogP contribution in [0.2, 0.25) is 0 Å². The summed E-state index contributed by atoms with van der Waals surface area (Å²) in [6.45, 7) is 7.05. The first-order valence-corrected chi connectivity index (χ1v) is 11.3. The number of hydrogen-bond donors (Lipinski definition) is 2. The first-order valence-electron chi connectivity index (χ1n) is 11.3. The minimum atomic E-state index is -0.571. The van der Waals surface area contributed by atoms with Crippen molar-refractivity contribution in [2.75, 3.05) is 17.7 Å². The number of halogens is 2. The van der Waals surface area contributed by atoms with Crippen molar-refractivity contribution in [3.8, 4) is 17.2 Å². The number of ether oxygens (including phenoxy) is 3. The molecule has 2 amide bonds. The van der Waals surface area contributed by atoms with Crippen LogP contribution in [0.15, 0.2) is 54.6 Å². The van der Waals surface area contributed by atoms with Crippen molar-refractivity contribution >= 4 is 23.2 Å². The van der Waals surface area contributed by atoms with Crippen LogP contribution in [-0.4, -0.2) is 31.1 Å². The second-order valence-corrected chi connectivity index (χ2v) is 8.45. The van der Waals surface area contributed by atoms with E-state index in [2.05, 4.69) is 10.6 Å². The first kappa shape index (κ1) is 26.5. The van der Waals surface area contributed by atoms with Crippen LogP contribution in [0.5, 0.6) is 17.2 Å². The summed E-state index contributed by atoms with van der Waals surface area (Å²) in [5.41, 5.74) is 0.879. The van der Waals surface area contributed by atoms with E-state index in [1.54, 1.807) is 27.7 Å². The molecule has 0 saturated heterocycles. The van der Waals surface area contributed by atoms with Crippen molar-refractivity contribution in [1.29, 1.82) is 0 Å². The van der Waals surface area contributed by atoms with E-state index in [1.807, 2.05) is 0 Å². The number of carbonyl (C=O) groups excluding carboxylic acids is 2. The Kier molecular flexibility index (Phi) is 8.47. The number of methoxy groups -OCH3 is 1. The van der Waals surface area contributed by atoms with Crippen LogP contribution in [0.3, 0.4) is 0 Å². The Morgan fingerprint density at radius 1 is 0.694 bits per heavy atom. The molecule has 36 heavy (non-hydrogen) atoms. The highest BCUT2D eigenvalue weighted by Crippen LogP contribution is 2.27. The fraction of sp³-hybridized carbons (Fsp3) is 0.259. The lowest BCUT2D eigenvalue weighted by molar-refractivity contribution is 0.102. The van der Waals surface area contributed by atoms with Crippen LogP contribution in [0.25, 0.3) is 0 Å². The largest absolute Gasteiger partial charge is 0.496 e. The molecule has 0 heterocycles. The van der Waals surface area contributed by atoms with Gasteiger partial charge in [-0.25, -0.2) is 8.78 Å². The summed E-state index contributed by atoms with van der Waals surface area (Å²) < 4.78 is 44.1. The first-order chi connectivity index (χ1) is 17.1. The Bertz CT molecular complexity index is 1260. The van der Waals surface area contributed by atoms with E-state index in [-0.39, 0.29) is 40.6 Å². The maximum atomic E-state index is 14.0. The number of benzene rings is 3. The molecule has 9 heteroatoms.